The van der Waals surface area contributed by atoms with E-state index in [2.05, 4.69) is 15.6 Å². The van der Waals surface area contributed by atoms with E-state index in [9.17, 15) is 19.7 Å². The van der Waals surface area contributed by atoms with Gasteiger partial charge >= 0.3 is 11.9 Å². The third-order valence-corrected chi connectivity index (χ3v) is 6.86. The Bertz CT molecular complexity index is 1450. The largest absolute Gasteiger partial charge is 0.463 e. The van der Waals surface area contributed by atoms with Crippen molar-refractivity contribution < 1.29 is 24.0 Å². The standard InChI is InChI=1S/C28H28N4O6S/c1-5-37-26(33)23-16(3)29-17(4)24(27(34)38-6-2)25(23)18-10-9-11-19(14-18)30-28-31-21(15-39-28)20-12-7-8-13-22(20)32(35)36/h7-15,25,29H,5-6H2,1-4H3,(H,30,31). The molecule has 0 fully saturated rings. The molecule has 39 heavy (non-hydrogen) atoms. The van der Waals surface area contributed by atoms with Crippen LogP contribution in [0.3, 0.4) is 0 Å². The number of para-hydroxylation sites is 1. The van der Waals surface area contributed by atoms with E-state index in [0.717, 1.165) is 0 Å². The van der Waals surface area contributed by atoms with Gasteiger partial charge in [0.1, 0.15) is 0 Å². The number of anilines is 2. The van der Waals surface area contributed by atoms with E-state index in [0.29, 0.717) is 50.2 Å². The molecule has 2 heterocycles. The van der Waals surface area contributed by atoms with Crippen LogP contribution < -0.4 is 10.6 Å². The lowest BCUT2D eigenvalue weighted by atomic mass is 9.80. The molecule has 0 unspecified atom stereocenters. The Morgan fingerprint density at radius 3 is 2.28 bits per heavy atom. The van der Waals surface area contributed by atoms with Crippen LogP contribution >= 0.6 is 11.3 Å². The lowest BCUT2D eigenvalue weighted by Crippen LogP contribution is -2.32. The molecule has 2 N–H and O–H groups in total. The average Bonchev–Trinajstić information content (AvgIpc) is 3.36. The van der Waals surface area contributed by atoms with Crippen molar-refractivity contribution in [3.63, 3.8) is 0 Å². The number of benzene rings is 2. The lowest BCUT2D eigenvalue weighted by Gasteiger charge is -2.30. The number of esters is 2. The number of thiazole rings is 1. The van der Waals surface area contributed by atoms with Crippen LogP contribution in [0.25, 0.3) is 11.3 Å². The van der Waals surface area contributed by atoms with Crippen molar-refractivity contribution >= 4 is 39.8 Å². The topological polar surface area (TPSA) is 133 Å². The predicted molar refractivity (Wildman–Crippen MR) is 148 cm³/mol. The minimum Gasteiger partial charge on any atom is -0.463 e. The number of aromatic nitrogens is 1. The Hall–Kier alpha value is -4.51. The fraction of sp³-hybridized carbons (Fsp3) is 0.250. The van der Waals surface area contributed by atoms with E-state index in [1.807, 2.05) is 24.3 Å². The number of carbonyl (C=O) groups excluding carboxylic acids is 2. The number of hydrogen-bond acceptors (Lipinski definition) is 10. The summed E-state index contributed by atoms with van der Waals surface area (Å²) in [5, 5.41) is 20.1. The zero-order valence-electron chi connectivity index (χ0n) is 21.9. The van der Waals surface area contributed by atoms with Crippen LogP contribution in [0.1, 0.15) is 39.2 Å². The molecule has 1 aromatic heterocycles. The maximum absolute atomic E-state index is 13.0. The molecular formula is C28H28N4O6S. The number of nitro groups is 1. The van der Waals surface area contributed by atoms with Gasteiger partial charge in [-0.3, -0.25) is 10.1 Å². The molecule has 11 heteroatoms. The van der Waals surface area contributed by atoms with Gasteiger partial charge < -0.3 is 20.1 Å². The second-order valence-corrected chi connectivity index (χ2v) is 9.50. The van der Waals surface area contributed by atoms with Crippen LogP contribution in [0.4, 0.5) is 16.5 Å². The van der Waals surface area contributed by atoms with Gasteiger partial charge in [0.15, 0.2) is 5.13 Å². The second-order valence-electron chi connectivity index (χ2n) is 8.64. The van der Waals surface area contributed by atoms with Crippen LogP contribution in [0.5, 0.6) is 0 Å². The minimum atomic E-state index is -0.718. The third kappa shape index (κ3) is 5.83. The SMILES string of the molecule is CCOC(=O)C1=C(C)NC(C)=C(C(=O)OCC)C1c1cccc(Nc2nc(-c3ccccc3[N+](=O)[O-])cs2)c1. The average molecular weight is 549 g/mol. The first-order valence-electron chi connectivity index (χ1n) is 12.3. The van der Waals surface area contributed by atoms with Gasteiger partial charge in [-0.1, -0.05) is 24.3 Å². The summed E-state index contributed by atoms with van der Waals surface area (Å²) in [6.45, 7) is 7.37. The van der Waals surface area contributed by atoms with E-state index in [-0.39, 0.29) is 18.9 Å². The van der Waals surface area contributed by atoms with Crippen molar-refractivity contribution in [1.29, 1.82) is 0 Å². The molecule has 2 aromatic carbocycles. The maximum Gasteiger partial charge on any atom is 0.336 e. The van der Waals surface area contributed by atoms with Gasteiger partial charge in [-0.05, 0) is 51.5 Å². The van der Waals surface area contributed by atoms with E-state index >= 15 is 0 Å². The molecule has 0 atom stereocenters. The molecule has 0 amide bonds. The summed E-state index contributed by atoms with van der Waals surface area (Å²) in [7, 11) is 0. The smallest absolute Gasteiger partial charge is 0.336 e. The lowest BCUT2D eigenvalue weighted by molar-refractivity contribution is -0.384. The highest BCUT2D eigenvalue weighted by molar-refractivity contribution is 7.14. The first-order chi connectivity index (χ1) is 18.7. The van der Waals surface area contributed by atoms with Crippen LogP contribution in [0.2, 0.25) is 0 Å². The molecule has 3 aromatic rings. The number of nitrogens with one attached hydrogen (secondary N) is 2. The Kier molecular flexibility index (Phi) is 8.40. The highest BCUT2D eigenvalue weighted by Crippen LogP contribution is 2.40. The molecule has 0 radical (unpaired) electrons. The van der Waals surface area contributed by atoms with Crippen molar-refractivity contribution in [2.75, 3.05) is 18.5 Å². The molecule has 10 nitrogen and oxygen atoms in total. The number of dihydropyridines is 1. The first-order valence-corrected chi connectivity index (χ1v) is 13.2. The highest BCUT2D eigenvalue weighted by Gasteiger charge is 2.38. The molecule has 1 aliphatic rings. The molecule has 4 rings (SSSR count). The number of carbonyl (C=O) groups is 2. The van der Waals surface area contributed by atoms with Gasteiger partial charge in [-0.15, -0.1) is 11.3 Å². The van der Waals surface area contributed by atoms with Gasteiger partial charge in [0.25, 0.3) is 5.69 Å². The van der Waals surface area contributed by atoms with Gasteiger partial charge in [0.2, 0.25) is 0 Å². The molecular weight excluding hydrogens is 520 g/mol. The van der Waals surface area contributed by atoms with E-state index in [1.165, 1.54) is 17.4 Å². The number of ether oxygens (including phenoxy) is 2. The van der Waals surface area contributed by atoms with Gasteiger partial charge in [-0.2, -0.15) is 0 Å². The molecule has 0 saturated carbocycles. The van der Waals surface area contributed by atoms with Crippen LogP contribution in [0.15, 0.2) is 76.5 Å². The van der Waals surface area contributed by atoms with Crippen LogP contribution in [0, 0.1) is 10.1 Å². The zero-order chi connectivity index (χ0) is 28.1. The number of hydrogen-bond donors (Lipinski definition) is 2. The Labute approximate surface area is 229 Å². The van der Waals surface area contributed by atoms with E-state index in [4.69, 9.17) is 9.47 Å². The van der Waals surface area contributed by atoms with Crippen LogP contribution in [-0.4, -0.2) is 35.1 Å². The number of nitro benzene ring substituents is 1. The van der Waals surface area contributed by atoms with Gasteiger partial charge in [0, 0.05) is 28.5 Å². The normalized spacial score (nSPS) is 13.6. The van der Waals surface area contributed by atoms with E-state index < -0.39 is 22.8 Å². The quantitative estimate of drug-likeness (QED) is 0.193. The highest BCUT2D eigenvalue weighted by atomic mass is 32.1. The zero-order valence-corrected chi connectivity index (χ0v) is 22.8. The summed E-state index contributed by atoms with van der Waals surface area (Å²) in [4.78, 5) is 41.7. The summed E-state index contributed by atoms with van der Waals surface area (Å²) in [5.74, 6) is -1.76. The summed E-state index contributed by atoms with van der Waals surface area (Å²) in [5.41, 5.74) is 4.08. The Morgan fingerprint density at radius 2 is 1.67 bits per heavy atom. The summed E-state index contributed by atoms with van der Waals surface area (Å²) >= 11 is 1.30. The summed E-state index contributed by atoms with van der Waals surface area (Å²) < 4.78 is 10.7. The molecule has 0 bridgehead atoms. The van der Waals surface area contributed by atoms with Crippen molar-refractivity contribution in [1.82, 2.24) is 10.3 Å². The van der Waals surface area contributed by atoms with Gasteiger partial charge in [-0.25, -0.2) is 14.6 Å². The van der Waals surface area contributed by atoms with Gasteiger partial charge in [0.05, 0.1) is 46.5 Å². The third-order valence-electron chi connectivity index (χ3n) is 6.10. The molecule has 0 aliphatic carbocycles. The number of nitrogens with zero attached hydrogens (tertiary/aromatic N) is 2. The number of allylic oxidation sites excluding steroid dienone is 2. The maximum atomic E-state index is 13.0. The van der Waals surface area contributed by atoms with E-state index in [1.54, 1.807) is 51.3 Å². The van der Waals surface area contributed by atoms with Crippen molar-refractivity contribution in [3.8, 4) is 11.3 Å². The fourth-order valence-corrected chi connectivity index (χ4v) is 5.24. The number of rotatable bonds is 9. The molecule has 1 aliphatic heterocycles. The summed E-state index contributed by atoms with van der Waals surface area (Å²) in [6.07, 6.45) is 0. The predicted octanol–water partition coefficient (Wildman–Crippen LogP) is 5.82. The monoisotopic (exact) mass is 548 g/mol. The Balaban J connectivity index is 1.71. The molecule has 0 saturated heterocycles. The van der Waals surface area contributed by atoms with Crippen molar-refractivity contribution in [2.45, 2.75) is 33.6 Å². The molecule has 202 valence electrons. The van der Waals surface area contributed by atoms with Crippen molar-refractivity contribution in [3.05, 3.63) is 92.1 Å². The Morgan fingerprint density at radius 1 is 1.03 bits per heavy atom. The first kappa shape index (κ1) is 27.5. The van der Waals surface area contributed by atoms with Crippen LogP contribution in [-0.2, 0) is 19.1 Å². The minimum absolute atomic E-state index is 0.0236. The fourth-order valence-electron chi connectivity index (χ4n) is 4.51. The second kappa shape index (κ2) is 11.9. The van der Waals surface area contributed by atoms with Crippen molar-refractivity contribution in [2.24, 2.45) is 0 Å². The summed E-state index contributed by atoms with van der Waals surface area (Å²) in [6, 6.07) is 13.8. The molecule has 0 spiro atoms.